The van der Waals surface area contributed by atoms with Crippen LogP contribution in [0.4, 0.5) is 19.0 Å². The second-order valence-electron chi connectivity index (χ2n) is 6.82. The molecule has 0 radical (unpaired) electrons. The van der Waals surface area contributed by atoms with Gasteiger partial charge < -0.3 is 15.7 Å². The summed E-state index contributed by atoms with van der Waals surface area (Å²) in [6, 6.07) is 1.41. The Labute approximate surface area is 205 Å². The first-order valence-corrected chi connectivity index (χ1v) is 11.0. The molecule has 0 bridgehead atoms. The zero-order valence-corrected chi connectivity index (χ0v) is 19.4. The van der Waals surface area contributed by atoms with Crippen molar-refractivity contribution in [1.82, 2.24) is 25.3 Å². The number of aliphatic hydroxyl groups excluding tert-OH is 1. The van der Waals surface area contributed by atoms with E-state index in [4.69, 9.17) is 16.7 Å². The maximum Gasteiger partial charge on any atom is 0.418 e. The molecule has 35 heavy (non-hydrogen) atoms. The first-order chi connectivity index (χ1) is 16.6. The van der Waals surface area contributed by atoms with E-state index in [1.807, 2.05) is 0 Å². The SMILES string of the molecule is C[C@@H](NC(=O)c1cc(C#CCCO)ncn1)c1ncc(C(=O)Nc2cc(C(F)(F)F)c(Cl)cn2)s1. The van der Waals surface area contributed by atoms with Gasteiger partial charge in [-0.3, -0.25) is 9.59 Å². The molecule has 0 aliphatic heterocycles. The average Bonchev–Trinajstić information content (AvgIpc) is 3.31. The highest BCUT2D eigenvalue weighted by Gasteiger charge is 2.34. The van der Waals surface area contributed by atoms with Crippen molar-refractivity contribution in [3.8, 4) is 11.8 Å². The Bertz CT molecular complexity index is 1310. The Hall–Kier alpha value is -3.60. The van der Waals surface area contributed by atoms with E-state index < -0.39 is 34.6 Å². The first-order valence-electron chi connectivity index (χ1n) is 9.81. The fourth-order valence-electron chi connectivity index (χ4n) is 2.59. The van der Waals surface area contributed by atoms with Crippen molar-refractivity contribution in [2.45, 2.75) is 25.6 Å². The van der Waals surface area contributed by atoms with Crippen LogP contribution in [0.15, 0.2) is 30.9 Å². The van der Waals surface area contributed by atoms with E-state index in [-0.39, 0.29) is 29.4 Å². The fraction of sp³-hybridized carbons (Fsp3) is 0.238. The zero-order chi connectivity index (χ0) is 25.6. The third-order valence-corrected chi connectivity index (χ3v) is 5.70. The maximum atomic E-state index is 13.0. The number of amides is 2. The summed E-state index contributed by atoms with van der Waals surface area (Å²) in [6.07, 6.45) is -1.23. The molecule has 3 aromatic heterocycles. The number of aromatic nitrogens is 4. The molecule has 0 saturated carbocycles. The van der Waals surface area contributed by atoms with Gasteiger partial charge in [0.1, 0.15) is 33.4 Å². The van der Waals surface area contributed by atoms with Gasteiger partial charge >= 0.3 is 6.18 Å². The maximum absolute atomic E-state index is 13.0. The zero-order valence-electron chi connectivity index (χ0n) is 17.9. The van der Waals surface area contributed by atoms with Crippen LogP contribution >= 0.6 is 22.9 Å². The number of nitrogens with zero attached hydrogens (tertiary/aromatic N) is 4. The third-order valence-electron chi connectivity index (χ3n) is 4.22. The van der Waals surface area contributed by atoms with E-state index in [0.717, 1.165) is 17.5 Å². The minimum Gasteiger partial charge on any atom is -0.395 e. The van der Waals surface area contributed by atoms with Crippen molar-refractivity contribution < 1.29 is 27.9 Å². The Kier molecular flexibility index (Phi) is 8.34. The van der Waals surface area contributed by atoms with Crippen LogP contribution in [0.25, 0.3) is 0 Å². The van der Waals surface area contributed by atoms with Crippen LogP contribution in [0.5, 0.6) is 0 Å². The average molecular weight is 525 g/mol. The summed E-state index contributed by atoms with van der Waals surface area (Å²) in [5.41, 5.74) is -0.758. The number of carbonyl (C=O) groups is 2. The largest absolute Gasteiger partial charge is 0.418 e. The molecular formula is C21H16ClF3N6O3S. The molecular weight excluding hydrogens is 509 g/mol. The number of halogens is 4. The number of pyridine rings is 1. The molecule has 3 N–H and O–H groups in total. The highest BCUT2D eigenvalue weighted by molar-refractivity contribution is 7.13. The number of carbonyl (C=O) groups excluding carboxylic acids is 2. The summed E-state index contributed by atoms with van der Waals surface area (Å²) >= 11 is 6.48. The Balaban J connectivity index is 1.66. The smallest absolute Gasteiger partial charge is 0.395 e. The number of hydrogen-bond acceptors (Lipinski definition) is 8. The lowest BCUT2D eigenvalue weighted by molar-refractivity contribution is -0.137. The van der Waals surface area contributed by atoms with E-state index >= 15 is 0 Å². The number of hydrogen-bond donors (Lipinski definition) is 3. The molecule has 3 aromatic rings. The van der Waals surface area contributed by atoms with E-state index in [1.165, 1.54) is 18.6 Å². The Morgan fingerprint density at radius 1 is 1.17 bits per heavy atom. The number of nitrogens with one attached hydrogen (secondary N) is 2. The quantitative estimate of drug-likeness (QED) is 0.421. The molecule has 14 heteroatoms. The van der Waals surface area contributed by atoms with Gasteiger partial charge in [0.05, 0.1) is 29.4 Å². The van der Waals surface area contributed by atoms with E-state index in [0.29, 0.717) is 16.8 Å². The highest BCUT2D eigenvalue weighted by Crippen LogP contribution is 2.35. The van der Waals surface area contributed by atoms with Crippen molar-refractivity contribution in [2.75, 3.05) is 11.9 Å². The van der Waals surface area contributed by atoms with Crippen molar-refractivity contribution in [3.05, 3.63) is 62.7 Å². The molecule has 182 valence electrons. The van der Waals surface area contributed by atoms with Crippen molar-refractivity contribution in [3.63, 3.8) is 0 Å². The van der Waals surface area contributed by atoms with Gasteiger partial charge in [0, 0.05) is 18.7 Å². The lowest BCUT2D eigenvalue weighted by Gasteiger charge is -2.11. The van der Waals surface area contributed by atoms with E-state index in [9.17, 15) is 22.8 Å². The highest BCUT2D eigenvalue weighted by atomic mass is 35.5. The van der Waals surface area contributed by atoms with Gasteiger partial charge in [0.15, 0.2) is 0 Å². The van der Waals surface area contributed by atoms with Gasteiger partial charge in [0.2, 0.25) is 0 Å². The molecule has 2 amide bonds. The van der Waals surface area contributed by atoms with Gasteiger partial charge in [-0.15, -0.1) is 11.3 Å². The van der Waals surface area contributed by atoms with Crippen LogP contribution in [-0.2, 0) is 6.18 Å². The predicted octanol–water partition coefficient (Wildman–Crippen LogP) is 3.48. The summed E-state index contributed by atoms with van der Waals surface area (Å²) in [5.74, 6) is 3.81. The van der Waals surface area contributed by atoms with Crippen molar-refractivity contribution in [1.29, 1.82) is 0 Å². The van der Waals surface area contributed by atoms with Gasteiger partial charge in [-0.25, -0.2) is 19.9 Å². The van der Waals surface area contributed by atoms with E-state index in [2.05, 4.69) is 42.4 Å². The number of rotatable bonds is 6. The molecule has 0 aliphatic carbocycles. The number of alkyl halides is 3. The minimum absolute atomic E-state index is 0.0592. The van der Waals surface area contributed by atoms with Gasteiger partial charge in [-0.2, -0.15) is 13.2 Å². The van der Waals surface area contributed by atoms with Crippen molar-refractivity contribution >= 4 is 40.6 Å². The van der Waals surface area contributed by atoms with Crippen molar-refractivity contribution in [2.24, 2.45) is 0 Å². The summed E-state index contributed by atoms with van der Waals surface area (Å²) in [7, 11) is 0. The molecule has 3 rings (SSSR count). The summed E-state index contributed by atoms with van der Waals surface area (Å²) in [6.45, 7) is 1.54. The van der Waals surface area contributed by atoms with Gasteiger partial charge in [0.25, 0.3) is 11.8 Å². The van der Waals surface area contributed by atoms with Gasteiger partial charge in [-0.05, 0) is 18.9 Å². The Morgan fingerprint density at radius 2 is 1.94 bits per heavy atom. The molecule has 0 fully saturated rings. The number of thiazole rings is 1. The first kappa shape index (κ1) is 26.0. The third kappa shape index (κ3) is 6.95. The normalized spacial score (nSPS) is 11.8. The number of anilines is 1. The lowest BCUT2D eigenvalue weighted by atomic mass is 10.2. The molecule has 9 nitrogen and oxygen atoms in total. The molecule has 0 spiro atoms. The van der Waals surface area contributed by atoms with Gasteiger partial charge in [-0.1, -0.05) is 17.5 Å². The van der Waals surface area contributed by atoms with E-state index in [1.54, 1.807) is 6.92 Å². The predicted molar refractivity (Wildman–Crippen MR) is 121 cm³/mol. The lowest BCUT2D eigenvalue weighted by Crippen LogP contribution is -2.27. The molecule has 1 atom stereocenters. The summed E-state index contributed by atoms with van der Waals surface area (Å²) < 4.78 is 39.0. The monoisotopic (exact) mass is 524 g/mol. The van der Waals surface area contributed by atoms with Crippen LogP contribution in [0, 0.1) is 11.8 Å². The second-order valence-corrected chi connectivity index (χ2v) is 8.29. The van der Waals surface area contributed by atoms with Crippen LogP contribution in [0.3, 0.4) is 0 Å². The number of aliphatic hydroxyl groups is 1. The standard InChI is InChI=1S/C21H16ClF3N6O3S/c1-11(30-18(33)15-6-12(28-10-29-15)4-2-3-5-32)20-27-9-16(35-20)19(34)31-17-7-13(21(23,24)25)14(22)8-26-17/h6-11,32H,3,5H2,1H3,(H,30,33)(H,26,31,34)/t11-/m1/s1. The summed E-state index contributed by atoms with van der Waals surface area (Å²) in [4.78, 5) is 40.7. The summed E-state index contributed by atoms with van der Waals surface area (Å²) in [5, 5.41) is 13.5. The Morgan fingerprint density at radius 3 is 2.66 bits per heavy atom. The van der Waals surface area contributed by atoms with Crippen LogP contribution < -0.4 is 10.6 Å². The minimum atomic E-state index is -4.71. The van der Waals surface area contributed by atoms with Crippen LogP contribution in [0.2, 0.25) is 5.02 Å². The topological polar surface area (TPSA) is 130 Å². The molecule has 0 aromatic carbocycles. The van der Waals surface area contributed by atoms with Crippen LogP contribution in [-0.4, -0.2) is 43.5 Å². The molecule has 3 heterocycles. The fourth-order valence-corrected chi connectivity index (χ4v) is 3.61. The molecule has 0 aliphatic rings. The van der Waals surface area contributed by atoms with Crippen LogP contribution in [0.1, 0.15) is 55.8 Å². The molecule has 0 saturated heterocycles. The molecule has 0 unspecified atom stereocenters. The second kappa shape index (κ2) is 11.2.